The van der Waals surface area contributed by atoms with Crippen LogP contribution < -0.4 is 14.8 Å². The molecule has 0 atom stereocenters. The highest BCUT2D eigenvalue weighted by Crippen LogP contribution is 2.29. The Morgan fingerprint density at radius 2 is 1.92 bits per heavy atom. The topological polar surface area (TPSA) is 67.8 Å². The lowest BCUT2D eigenvalue weighted by Crippen LogP contribution is -2.40. The number of benzene rings is 1. The first-order chi connectivity index (χ1) is 11.5. The van der Waals surface area contributed by atoms with Crippen LogP contribution in [-0.2, 0) is 11.3 Å². The number of nitrogens with one attached hydrogen (secondary N) is 1. The highest BCUT2D eigenvalue weighted by molar-refractivity contribution is 5.74. The van der Waals surface area contributed by atoms with Crippen LogP contribution in [-0.4, -0.2) is 31.3 Å². The first-order valence-corrected chi connectivity index (χ1v) is 8.76. The van der Waals surface area contributed by atoms with E-state index >= 15 is 0 Å². The molecule has 2 N–H and O–H groups in total. The first kappa shape index (κ1) is 20.3. The van der Waals surface area contributed by atoms with Crippen LogP contribution >= 0.6 is 0 Å². The molecule has 0 unspecified atom stereocenters. The predicted octanol–water partition coefficient (Wildman–Crippen LogP) is 3.85. The summed E-state index contributed by atoms with van der Waals surface area (Å²) in [6.45, 7) is 7.68. The van der Waals surface area contributed by atoms with E-state index in [0.29, 0.717) is 32.5 Å². The molecular weight excluding hydrogens is 306 g/mol. The number of rotatable bonds is 12. The SMILES string of the molecule is CCCCOc1cc(CNCC(CC)(CC)C(=O)O)ccc1OC. The molecule has 0 heterocycles. The van der Waals surface area contributed by atoms with Crippen molar-refractivity contribution in [3.63, 3.8) is 0 Å². The fourth-order valence-electron chi connectivity index (χ4n) is 2.59. The van der Waals surface area contributed by atoms with Gasteiger partial charge in [-0.2, -0.15) is 0 Å². The largest absolute Gasteiger partial charge is 0.493 e. The van der Waals surface area contributed by atoms with Gasteiger partial charge in [-0.25, -0.2) is 0 Å². The lowest BCUT2D eigenvalue weighted by Gasteiger charge is -2.27. The Morgan fingerprint density at radius 3 is 2.46 bits per heavy atom. The lowest BCUT2D eigenvalue weighted by molar-refractivity contribution is -0.149. The van der Waals surface area contributed by atoms with Crippen molar-refractivity contribution in [1.82, 2.24) is 5.32 Å². The second kappa shape index (κ2) is 10.2. The molecule has 5 nitrogen and oxygen atoms in total. The van der Waals surface area contributed by atoms with Crippen LogP contribution in [0.4, 0.5) is 0 Å². The van der Waals surface area contributed by atoms with Crippen LogP contribution in [0.1, 0.15) is 52.0 Å². The Hall–Kier alpha value is -1.75. The van der Waals surface area contributed by atoms with E-state index in [1.165, 1.54) is 0 Å². The Bertz CT molecular complexity index is 512. The average molecular weight is 337 g/mol. The molecule has 0 aliphatic heterocycles. The van der Waals surface area contributed by atoms with Gasteiger partial charge in [0.1, 0.15) is 0 Å². The maximum atomic E-state index is 11.5. The van der Waals surface area contributed by atoms with Gasteiger partial charge in [0, 0.05) is 13.1 Å². The summed E-state index contributed by atoms with van der Waals surface area (Å²) in [5.41, 5.74) is 0.348. The molecule has 136 valence electrons. The third-order valence-corrected chi connectivity index (χ3v) is 4.58. The molecule has 0 saturated heterocycles. The molecule has 5 heteroatoms. The van der Waals surface area contributed by atoms with Crippen molar-refractivity contribution < 1.29 is 19.4 Å². The first-order valence-electron chi connectivity index (χ1n) is 8.76. The zero-order valence-corrected chi connectivity index (χ0v) is 15.4. The van der Waals surface area contributed by atoms with Gasteiger partial charge in [-0.3, -0.25) is 4.79 Å². The third kappa shape index (κ3) is 5.41. The van der Waals surface area contributed by atoms with Gasteiger partial charge >= 0.3 is 5.97 Å². The number of carbonyl (C=O) groups is 1. The summed E-state index contributed by atoms with van der Waals surface area (Å²) in [7, 11) is 1.63. The monoisotopic (exact) mass is 337 g/mol. The molecule has 1 aromatic rings. The van der Waals surface area contributed by atoms with Crippen molar-refractivity contribution in [2.45, 2.75) is 53.0 Å². The predicted molar refractivity (Wildman–Crippen MR) is 95.8 cm³/mol. The number of carboxylic acids is 1. The molecule has 0 amide bonds. The average Bonchev–Trinajstić information content (AvgIpc) is 2.59. The van der Waals surface area contributed by atoms with Gasteiger partial charge in [0.25, 0.3) is 0 Å². The summed E-state index contributed by atoms with van der Waals surface area (Å²) in [5.74, 6) is 0.718. The van der Waals surface area contributed by atoms with E-state index in [0.717, 1.165) is 29.9 Å². The smallest absolute Gasteiger partial charge is 0.310 e. The number of hydrogen-bond acceptors (Lipinski definition) is 4. The van der Waals surface area contributed by atoms with Crippen LogP contribution in [0.25, 0.3) is 0 Å². The van der Waals surface area contributed by atoms with Crippen molar-refractivity contribution in [2.75, 3.05) is 20.3 Å². The van der Waals surface area contributed by atoms with Gasteiger partial charge in [-0.05, 0) is 37.0 Å². The standard InChI is InChI=1S/C19H31NO4/c1-5-8-11-24-17-12-15(9-10-16(17)23-4)13-20-14-19(6-2,7-3)18(21)22/h9-10,12,20H,5-8,11,13-14H2,1-4H3,(H,21,22). The molecule has 0 radical (unpaired) electrons. The summed E-state index contributed by atoms with van der Waals surface area (Å²) in [6.07, 6.45) is 3.30. The molecule has 0 aliphatic rings. The minimum absolute atomic E-state index is 0.452. The lowest BCUT2D eigenvalue weighted by atomic mass is 9.82. The van der Waals surface area contributed by atoms with Gasteiger partial charge < -0.3 is 19.9 Å². The molecule has 0 aromatic heterocycles. The Balaban J connectivity index is 2.70. The highest BCUT2D eigenvalue weighted by Gasteiger charge is 2.34. The molecule has 24 heavy (non-hydrogen) atoms. The van der Waals surface area contributed by atoms with Crippen molar-refractivity contribution >= 4 is 5.97 Å². The van der Waals surface area contributed by atoms with E-state index in [1.54, 1.807) is 7.11 Å². The maximum absolute atomic E-state index is 11.5. The van der Waals surface area contributed by atoms with Crippen LogP contribution in [0.2, 0.25) is 0 Å². The molecule has 0 aliphatic carbocycles. The minimum atomic E-state index is -0.738. The van der Waals surface area contributed by atoms with Crippen LogP contribution in [0.15, 0.2) is 18.2 Å². The zero-order valence-electron chi connectivity index (χ0n) is 15.4. The van der Waals surface area contributed by atoms with Crippen molar-refractivity contribution in [2.24, 2.45) is 5.41 Å². The molecule has 0 fully saturated rings. The summed E-state index contributed by atoms with van der Waals surface area (Å²) in [5, 5.41) is 12.8. The van der Waals surface area contributed by atoms with Gasteiger partial charge in [0.2, 0.25) is 0 Å². The van der Waals surface area contributed by atoms with E-state index in [2.05, 4.69) is 12.2 Å². The van der Waals surface area contributed by atoms with E-state index in [-0.39, 0.29) is 0 Å². The van der Waals surface area contributed by atoms with Crippen molar-refractivity contribution in [3.05, 3.63) is 23.8 Å². The van der Waals surface area contributed by atoms with Gasteiger partial charge in [-0.1, -0.05) is 33.3 Å². The summed E-state index contributed by atoms with van der Waals surface area (Å²) < 4.78 is 11.1. The molecule has 1 aromatic carbocycles. The van der Waals surface area contributed by atoms with Crippen molar-refractivity contribution in [3.8, 4) is 11.5 Å². The second-order valence-corrected chi connectivity index (χ2v) is 6.08. The fourth-order valence-corrected chi connectivity index (χ4v) is 2.59. The Labute approximate surface area is 145 Å². The van der Waals surface area contributed by atoms with Crippen LogP contribution in [0.3, 0.4) is 0 Å². The molecule has 0 bridgehead atoms. The normalized spacial score (nSPS) is 11.3. The minimum Gasteiger partial charge on any atom is -0.493 e. The number of hydrogen-bond donors (Lipinski definition) is 2. The Morgan fingerprint density at radius 1 is 1.21 bits per heavy atom. The van der Waals surface area contributed by atoms with E-state index in [1.807, 2.05) is 32.0 Å². The van der Waals surface area contributed by atoms with Crippen LogP contribution in [0.5, 0.6) is 11.5 Å². The van der Waals surface area contributed by atoms with Gasteiger partial charge in [-0.15, -0.1) is 0 Å². The quantitative estimate of drug-likeness (QED) is 0.567. The fraction of sp³-hybridized carbons (Fsp3) is 0.632. The number of ether oxygens (including phenoxy) is 2. The molecular formula is C19H31NO4. The number of unbranched alkanes of at least 4 members (excludes halogenated alkanes) is 1. The molecule has 0 spiro atoms. The van der Waals surface area contributed by atoms with Crippen LogP contribution in [0, 0.1) is 5.41 Å². The highest BCUT2D eigenvalue weighted by atomic mass is 16.5. The number of methoxy groups -OCH3 is 1. The summed E-state index contributed by atoms with van der Waals surface area (Å²) in [4.78, 5) is 11.5. The van der Waals surface area contributed by atoms with E-state index in [4.69, 9.17) is 9.47 Å². The van der Waals surface area contributed by atoms with Gasteiger partial charge in [0.15, 0.2) is 11.5 Å². The number of carboxylic acid groups (broad SMARTS) is 1. The molecule has 1 rings (SSSR count). The van der Waals surface area contributed by atoms with E-state index < -0.39 is 11.4 Å². The maximum Gasteiger partial charge on any atom is 0.310 e. The van der Waals surface area contributed by atoms with Crippen molar-refractivity contribution in [1.29, 1.82) is 0 Å². The second-order valence-electron chi connectivity index (χ2n) is 6.08. The number of aliphatic carboxylic acids is 1. The zero-order chi connectivity index (χ0) is 18.0. The third-order valence-electron chi connectivity index (χ3n) is 4.58. The summed E-state index contributed by atoms with van der Waals surface area (Å²) >= 11 is 0. The Kier molecular flexibility index (Phi) is 8.61. The van der Waals surface area contributed by atoms with Gasteiger partial charge in [0.05, 0.1) is 19.1 Å². The molecule has 0 saturated carbocycles. The summed E-state index contributed by atoms with van der Waals surface area (Å²) in [6, 6.07) is 5.82. The van der Waals surface area contributed by atoms with E-state index in [9.17, 15) is 9.90 Å².